The second-order valence-corrected chi connectivity index (χ2v) is 12.0. The Balaban J connectivity index is 2.16. The maximum Gasteiger partial charge on any atom is 0.305 e. The number of carbonyl (C=O) groups is 1. The van der Waals surface area contributed by atoms with Gasteiger partial charge in [-0.05, 0) is 37.4 Å². The molecule has 1 rings (SSSR count). The maximum atomic E-state index is 11.6. The molecule has 1 aromatic heterocycles. The molecule has 0 aromatic carbocycles. The highest BCUT2D eigenvalue weighted by Gasteiger charge is 2.13. The molecule has 0 aliphatic heterocycles. The highest BCUT2D eigenvalue weighted by molar-refractivity contribution is 6.76. The van der Waals surface area contributed by atoms with Crippen LogP contribution in [0, 0.1) is 11.3 Å². The summed E-state index contributed by atoms with van der Waals surface area (Å²) in [5.41, 5.74) is 1.35. The topological polar surface area (TPSA) is 63.0 Å². The van der Waals surface area contributed by atoms with Gasteiger partial charge >= 0.3 is 5.97 Å². The molecule has 0 unspecified atom stereocenters. The van der Waals surface area contributed by atoms with Crippen molar-refractivity contribution in [3.63, 3.8) is 0 Å². The highest BCUT2D eigenvalue weighted by atomic mass is 28.3. The van der Waals surface area contributed by atoms with E-state index in [1.54, 1.807) is 6.07 Å². The predicted octanol–water partition coefficient (Wildman–Crippen LogP) is 3.55. The molecule has 0 spiro atoms. The number of aromatic nitrogens is 1. The largest absolute Gasteiger partial charge is 0.466 e. The molecule has 1 heterocycles. The van der Waals surface area contributed by atoms with Crippen LogP contribution < -0.4 is 0 Å². The van der Waals surface area contributed by atoms with Gasteiger partial charge in [0, 0.05) is 20.2 Å². The van der Waals surface area contributed by atoms with Crippen molar-refractivity contribution >= 4 is 14.0 Å². The van der Waals surface area contributed by atoms with Gasteiger partial charge in [-0.3, -0.25) is 4.79 Å². The molecule has 0 aliphatic carbocycles. The van der Waals surface area contributed by atoms with E-state index < -0.39 is 8.07 Å². The Kier molecular flexibility index (Phi) is 7.10. The third kappa shape index (κ3) is 8.26. The Morgan fingerprint density at radius 3 is 2.76 bits per heavy atom. The summed E-state index contributed by atoms with van der Waals surface area (Å²) in [4.78, 5) is 15.8. The molecule has 0 saturated carbocycles. The Labute approximate surface area is 128 Å². The number of rotatable bonds is 8. The Morgan fingerprint density at radius 2 is 2.10 bits per heavy atom. The quantitative estimate of drug-likeness (QED) is 0.418. The van der Waals surface area contributed by atoms with E-state index in [0.29, 0.717) is 18.7 Å². The molecular formula is C16H24N2O2Si. The van der Waals surface area contributed by atoms with Crippen molar-refractivity contribution in [2.75, 3.05) is 6.61 Å². The molecular weight excluding hydrogens is 280 g/mol. The third-order valence-corrected chi connectivity index (χ3v) is 4.80. The summed E-state index contributed by atoms with van der Waals surface area (Å²) in [6.45, 7) is 7.36. The van der Waals surface area contributed by atoms with Crippen LogP contribution in [0.3, 0.4) is 0 Å². The number of carbonyl (C=O) groups excluding carboxylic acids is 1. The minimum absolute atomic E-state index is 0.105. The van der Waals surface area contributed by atoms with Gasteiger partial charge in [0.1, 0.15) is 11.8 Å². The Bertz CT molecular complexity index is 504. The van der Waals surface area contributed by atoms with Crippen molar-refractivity contribution < 1.29 is 9.53 Å². The van der Waals surface area contributed by atoms with Crippen molar-refractivity contribution in [2.24, 2.45) is 0 Å². The minimum atomic E-state index is -1.13. The van der Waals surface area contributed by atoms with Gasteiger partial charge in [0.2, 0.25) is 0 Å². The van der Waals surface area contributed by atoms with Crippen LogP contribution in [0.15, 0.2) is 18.2 Å². The Hall–Kier alpha value is -1.67. The van der Waals surface area contributed by atoms with Crippen molar-refractivity contribution in [2.45, 2.75) is 51.4 Å². The summed E-state index contributed by atoms with van der Waals surface area (Å²) < 4.78 is 5.24. The maximum absolute atomic E-state index is 11.6. The SMILES string of the molecule is C[Si](C)(C)CCOC(=O)CCCCc1cccc(C#N)n1. The van der Waals surface area contributed by atoms with Gasteiger partial charge in [-0.2, -0.15) is 5.26 Å². The Morgan fingerprint density at radius 1 is 1.33 bits per heavy atom. The number of esters is 1. The number of nitrogens with zero attached hydrogens (tertiary/aromatic N) is 2. The average molecular weight is 304 g/mol. The molecule has 0 radical (unpaired) electrons. The van der Waals surface area contributed by atoms with Gasteiger partial charge in [-0.25, -0.2) is 4.98 Å². The summed E-state index contributed by atoms with van der Waals surface area (Å²) in [5, 5.41) is 8.78. The van der Waals surface area contributed by atoms with Gasteiger partial charge in [0.15, 0.2) is 0 Å². The van der Waals surface area contributed by atoms with Crippen molar-refractivity contribution in [3.05, 3.63) is 29.6 Å². The molecule has 114 valence electrons. The van der Waals surface area contributed by atoms with E-state index in [4.69, 9.17) is 10.00 Å². The molecule has 0 N–H and O–H groups in total. The first kappa shape index (κ1) is 17.4. The first-order valence-corrected chi connectivity index (χ1v) is 11.1. The summed E-state index contributed by atoms with van der Waals surface area (Å²) in [6.07, 6.45) is 2.93. The van der Waals surface area contributed by atoms with Gasteiger partial charge < -0.3 is 4.74 Å². The normalized spacial score (nSPS) is 11.0. The molecule has 5 heteroatoms. The number of aryl methyl sites for hydroxylation is 1. The summed E-state index contributed by atoms with van der Waals surface area (Å²) in [5.74, 6) is -0.105. The molecule has 1 aromatic rings. The van der Waals surface area contributed by atoms with Crippen molar-refractivity contribution in [1.29, 1.82) is 5.26 Å². The molecule has 21 heavy (non-hydrogen) atoms. The fourth-order valence-electron chi connectivity index (χ4n) is 1.80. The first-order valence-electron chi connectivity index (χ1n) is 7.42. The number of hydrogen-bond donors (Lipinski definition) is 0. The number of ether oxygens (including phenoxy) is 1. The zero-order valence-electron chi connectivity index (χ0n) is 13.2. The minimum Gasteiger partial charge on any atom is -0.466 e. The molecule has 0 bridgehead atoms. The van der Waals surface area contributed by atoms with Crippen LogP contribution in [0.5, 0.6) is 0 Å². The third-order valence-electron chi connectivity index (χ3n) is 3.10. The lowest BCUT2D eigenvalue weighted by molar-refractivity contribution is -0.143. The number of hydrogen-bond acceptors (Lipinski definition) is 4. The van der Waals surface area contributed by atoms with Crippen LogP contribution in [0.25, 0.3) is 0 Å². The van der Waals surface area contributed by atoms with E-state index in [1.165, 1.54) is 0 Å². The summed E-state index contributed by atoms with van der Waals surface area (Å²) in [7, 11) is -1.13. The molecule has 0 aliphatic rings. The zero-order chi connectivity index (χ0) is 15.7. The molecule has 0 fully saturated rings. The average Bonchev–Trinajstić information content (AvgIpc) is 2.42. The number of pyridine rings is 1. The standard InChI is InChI=1S/C16H24N2O2Si/c1-21(2,3)12-11-20-16(19)10-5-4-7-14-8-6-9-15(13-17)18-14/h6,8-9H,4-5,7,10-12H2,1-3H3. The lowest BCUT2D eigenvalue weighted by atomic mass is 10.1. The van der Waals surface area contributed by atoms with E-state index in [0.717, 1.165) is 31.0 Å². The van der Waals surface area contributed by atoms with Crippen LogP contribution in [0.1, 0.15) is 30.7 Å². The van der Waals surface area contributed by atoms with E-state index in [1.807, 2.05) is 18.2 Å². The second kappa shape index (κ2) is 8.58. The predicted molar refractivity (Wildman–Crippen MR) is 85.6 cm³/mol. The first-order chi connectivity index (χ1) is 9.90. The van der Waals surface area contributed by atoms with Crippen LogP contribution in [-0.4, -0.2) is 25.6 Å². The van der Waals surface area contributed by atoms with Gasteiger partial charge in [0.05, 0.1) is 6.61 Å². The van der Waals surface area contributed by atoms with E-state index in [-0.39, 0.29) is 5.97 Å². The van der Waals surface area contributed by atoms with Gasteiger partial charge in [-0.15, -0.1) is 0 Å². The lowest BCUT2D eigenvalue weighted by Gasteiger charge is -2.15. The smallest absolute Gasteiger partial charge is 0.305 e. The van der Waals surface area contributed by atoms with Crippen molar-refractivity contribution in [3.8, 4) is 6.07 Å². The fourth-order valence-corrected chi connectivity index (χ4v) is 2.51. The van der Waals surface area contributed by atoms with Crippen molar-refractivity contribution in [1.82, 2.24) is 4.98 Å². The monoisotopic (exact) mass is 304 g/mol. The molecule has 0 amide bonds. The van der Waals surface area contributed by atoms with Gasteiger partial charge in [0.25, 0.3) is 0 Å². The fraction of sp³-hybridized carbons (Fsp3) is 0.562. The summed E-state index contributed by atoms with van der Waals surface area (Å²) >= 11 is 0. The van der Waals surface area contributed by atoms with Gasteiger partial charge in [-0.1, -0.05) is 25.7 Å². The van der Waals surface area contributed by atoms with E-state index in [9.17, 15) is 4.79 Å². The van der Waals surface area contributed by atoms with Crippen LogP contribution >= 0.6 is 0 Å². The molecule has 4 nitrogen and oxygen atoms in total. The molecule has 0 atom stereocenters. The second-order valence-electron chi connectivity index (χ2n) is 6.36. The lowest BCUT2D eigenvalue weighted by Crippen LogP contribution is -2.22. The van der Waals surface area contributed by atoms with E-state index >= 15 is 0 Å². The van der Waals surface area contributed by atoms with E-state index in [2.05, 4.69) is 24.6 Å². The van der Waals surface area contributed by atoms with Crippen LogP contribution in [-0.2, 0) is 16.0 Å². The summed E-state index contributed by atoms with van der Waals surface area (Å²) in [6, 6.07) is 8.49. The van der Waals surface area contributed by atoms with Crippen LogP contribution in [0.4, 0.5) is 0 Å². The van der Waals surface area contributed by atoms with Crippen LogP contribution in [0.2, 0.25) is 25.7 Å². The highest BCUT2D eigenvalue weighted by Crippen LogP contribution is 2.09. The molecule has 0 saturated heterocycles. The number of nitriles is 1. The zero-order valence-corrected chi connectivity index (χ0v) is 14.2. The number of unbranched alkanes of at least 4 members (excludes halogenated alkanes) is 1.